The normalized spacial score (nSPS) is 12.7. The first-order chi connectivity index (χ1) is 21.1. The number of hydrogen-bond acceptors (Lipinski definition) is 7. The van der Waals surface area contributed by atoms with Crippen LogP contribution in [0.5, 0.6) is 11.6 Å². The highest BCUT2D eigenvalue weighted by Crippen LogP contribution is 2.41. The zero-order valence-corrected chi connectivity index (χ0v) is 23.7. The molecule has 0 aliphatic carbocycles. The van der Waals surface area contributed by atoms with Crippen molar-refractivity contribution >= 4 is 38.9 Å². The second-order valence-corrected chi connectivity index (χ2v) is 10.7. The minimum Gasteiger partial charge on any atom is -0.439 e. The average Bonchev–Trinajstić information content (AvgIpc) is 3.56. The van der Waals surface area contributed by atoms with Crippen molar-refractivity contribution in [2.24, 2.45) is 0 Å². The van der Waals surface area contributed by atoms with Gasteiger partial charge in [0.25, 0.3) is 0 Å². The summed E-state index contributed by atoms with van der Waals surface area (Å²) in [7, 11) is 2.10. The third-order valence-electron chi connectivity index (χ3n) is 8.03. The summed E-state index contributed by atoms with van der Waals surface area (Å²) < 4.78 is 8.58. The lowest BCUT2D eigenvalue weighted by Crippen LogP contribution is -2.23. The van der Waals surface area contributed by atoms with Crippen LogP contribution >= 0.6 is 0 Å². The van der Waals surface area contributed by atoms with Crippen LogP contribution in [0.15, 0.2) is 116 Å². The summed E-state index contributed by atoms with van der Waals surface area (Å²) in [5.41, 5.74) is 8.52. The van der Waals surface area contributed by atoms with Crippen LogP contribution in [0.3, 0.4) is 0 Å². The maximum Gasteiger partial charge on any atom is 0.221 e. The van der Waals surface area contributed by atoms with E-state index in [4.69, 9.17) is 9.72 Å². The molecule has 0 unspecified atom stereocenters. The van der Waals surface area contributed by atoms with Crippen LogP contribution in [0.4, 0.5) is 17.1 Å². The molecule has 8 nitrogen and oxygen atoms in total. The lowest BCUT2D eigenvalue weighted by atomic mass is 10.1. The smallest absolute Gasteiger partial charge is 0.221 e. The van der Waals surface area contributed by atoms with Gasteiger partial charge >= 0.3 is 0 Å². The number of rotatable bonds is 5. The van der Waals surface area contributed by atoms with E-state index in [2.05, 4.69) is 110 Å². The molecule has 43 heavy (non-hydrogen) atoms. The lowest BCUT2D eigenvalue weighted by Gasteiger charge is -2.20. The largest absolute Gasteiger partial charge is 0.439 e. The third kappa shape index (κ3) is 4.23. The topological polar surface area (TPSA) is 72.2 Å². The number of hydrogen-bond donors (Lipinski definition) is 0. The Morgan fingerprint density at radius 1 is 0.744 bits per heavy atom. The number of ether oxygens (including phenoxy) is 1. The molecule has 0 N–H and O–H groups in total. The molecule has 0 saturated carbocycles. The molecule has 0 atom stereocenters. The highest BCUT2D eigenvalue weighted by molar-refractivity contribution is 6.09. The van der Waals surface area contributed by atoms with Crippen molar-refractivity contribution in [2.75, 3.05) is 23.5 Å². The van der Waals surface area contributed by atoms with Gasteiger partial charge in [0.15, 0.2) is 0 Å². The third-order valence-corrected chi connectivity index (χ3v) is 8.03. The fraction of sp³-hybridized carbons (Fsp3) is 0.0857. The summed E-state index contributed by atoms with van der Waals surface area (Å²) in [6, 6.07) is 29.1. The second kappa shape index (κ2) is 9.95. The van der Waals surface area contributed by atoms with Crippen LogP contribution in [0.2, 0.25) is 0 Å². The van der Waals surface area contributed by atoms with Gasteiger partial charge < -0.3 is 14.5 Å². The summed E-state index contributed by atoms with van der Waals surface area (Å²) >= 11 is 0. The Morgan fingerprint density at radius 2 is 1.53 bits per heavy atom. The van der Waals surface area contributed by atoms with E-state index in [0.717, 1.165) is 56.7 Å². The molecule has 0 saturated heterocycles. The van der Waals surface area contributed by atoms with E-state index >= 15 is 0 Å². The molecule has 0 amide bonds. The van der Waals surface area contributed by atoms with Crippen molar-refractivity contribution in [3.8, 4) is 28.6 Å². The Hall–Kier alpha value is -5.76. The van der Waals surface area contributed by atoms with Gasteiger partial charge in [-0.2, -0.15) is 0 Å². The van der Waals surface area contributed by atoms with E-state index in [-0.39, 0.29) is 0 Å². The first-order valence-electron chi connectivity index (χ1n) is 14.1. The highest BCUT2D eigenvalue weighted by atomic mass is 16.5. The highest BCUT2D eigenvalue weighted by Gasteiger charge is 2.24. The molecular weight excluding hydrogens is 534 g/mol. The molecule has 8 heteroatoms. The van der Waals surface area contributed by atoms with E-state index in [0.29, 0.717) is 11.6 Å². The first kappa shape index (κ1) is 25.0. The fourth-order valence-electron chi connectivity index (χ4n) is 6.01. The fourth-order valence-corrected chi connectivity index (χ4v) is 6.01. The number of fused-ring (bicyclic) bond motifs is 4. The summed E-state index contributed by atoms with van der Waals surface area (Å²) in [5, 5.41) is 2.28. The molecule has 3 aromatic carbocycles. The van der Waals surface area contributed by atoms with Crippen molar-refractivity contribution in [1.29, 1.82) is 0 Å². The summed E-state index contributed by atoms with van der Waals surface area (Å²) in [4.78, 5) is 22.3. The van der Waals surface area contributed by atoms with Gasteiger partial charge in [0.2, 0.25) is 5.88 Å². The molecule has 5 heterocycles. The number of aromatic nitrogens is 5. The Morgan fingerprint density at radius 3 is 2.40 bits per heavy atom. The van der Waals surface area contributed by atoms with Crippen molar-refractivity contribution in [3.63, 3.8) is 0 Å². The zero-order valence-electron chi connectivity index (χ0n) is 23.7. The molecule has 7 aromatic rings. The van der Waals surface area contributed by atoms with Crippen molar-refractivity contribution in [2.45, 2.75) is 6.92 Å². The lowest BCUT2D eigenvalue weighted by molar-refractivity contribution is 0.463. The SMILES string of the molecule is Cc1cc(-n2c3ccccc3c3ccc(Oc4cc(N5CN(C)c6ccccc65)ccn4)cc32)ncc1-c1cncnc1. The Bertz CT molecular complexity index is 2140. The maximum atomic E-state index is 6.39. The van der Waals surface area contributed by atoms with Gasteiger partial charge in [-0.1, -0.05) is 30.3 Å². The number of nitrogens with zero attached hydrogens (tertiary/aromatic N) is 7. The monoisotopic (exact) mass is 561 g/mol. The van der Waals surface area contributed by atoms with Crippen molar-refractivity contribution in [1.82, 2.24) is 24.5 Å². The maximum absolute atomic E-state index is 6.39. The molecular formula is C35H27N7O. The van der Waals surface area contributed by atoms with Gasteiger partial charge in [-0.3, -0.25) is 4.57 Å². The molecule has 0 fully saturated rings. The standard InChI is InChI=1S/C35H27N7O/c1-23-15-34(39-20-29(23)24-18-36-21-37-19-24)42-30-8-4-3-7-27(30)28-12-11-26(17-33(28)42)43-35-16-25(13-14-38-35)41-22-40(2)31-9-5-6-10-32(31)41/h3-21H,22H2,1-2H3. The van der Waals surface area contributed by atoms with Crippen LogP contribution in [0, 0.1) is 6.92 Å². The molecule has 4 aromatic heterocycles. The van der Waals surface area contributed by atoms with Gasteiger partial charge in [0, 0.05) is 71.6 Å². The minimum absolute atomic E-state index is 0.537. The molecule has 208 valence electrons. The van der Waals surface area contributed by atoms with Gasteiger partial charge in [-0.25, -0.2) is 19.9 Å². The van der Waals surface area contributed by atoms with E-state index in [1.807, 2.05) is 36.8 Å². The Kier molecular flexibility index (Phi) is 5.78. The van der Waals surface area contributed by atoms with Gasteiger partial charge in [0.1, 0.15) is 17.9 Å². The van der Waals surface area contributed by atoms with Crippen LogP contribution < -0.4 is 14.5 Å². The molecule has 0 bridgehead atoms. The molecule has 1 aliphatic rings. The molecule has 0 spiro atoms. The van der Waals surface area contributed by atoms with Gasteiger partial charge in [-0.15, -0.1) is 0 Å². The molecule has 8 rings (SSSR count). The van der Waals surface area contributed by atoms with Gasteiger partial charge in [0.05, 0.1) is 29.1 Å². The number of para-hydroxylation sites is 3. The predicted octanol–water partition coefficient (Wildman–Crippen LogP) is 7.68. The minimum atomic E-state index is 0.537. The van der Waals surface area contributed by atoms with Crippen molar-refractivity contribution < 1.29 is 4.74 Å². The summed E-state index contributed by atoms with van der Waals surface area (Å²) in [5.74, 6) is 2.07. The van der Waals surface area contributed by atoms with Crippen LogP contribution in [0.1, 0.15) is 5.56 Å². The van der Waals surface area contributed by atoms with E-state index in [9.17, 15) is 0 Å². The van der Waals surface area contributed by atoms with E-state index < -0.39 is 0 Å². The first-order valence-corrected chi connectivity index (χ1v) is 14.1. The van der Waals surface area contributed by atoms with Crippen LogP contribution in [-0.4, -0.2) is 38.2 Å². The van der Waals surface area contributed by atoms with Crippen LogP contribution in [0.25, 0.3) is 38.8 Å². The van der Waals surface area contributed by atoms with E-state index in [1.165, 1.54) is 17.7 Å². The number of benzene rings is 3. The number of aryl methyl sites for hydroxylation is 1. The summed E-state index contributed by atoms with van der Waals surface area (Å²) in [6.07, 6.45) is 8.85. The second-order valence-electron chi connectivity index (χ2n) is 10.7. The zero-order chi connectivity index (χ0) is 28.9. The molecule has 0 radical (unpaired) electrons. The predicted molar refractivity (Wildman–Crippen MR) is 171 cm³/mol. The Balaban J connectivity index is 1.19. The Labute approximate surface area is 248 Å². The quantitative estimate of drug-likeness (QED) is 0.213. The van der Waals surface area contributed by atoms with Crippen LogP contribution in [-0.2, 0) is 0 Å². The average molecular weight is 562 g/mol. The van der Waals surface area contributed by atoms with Crippen molar-refractivity contribution in [3.05, 3.63) is 122 Å². The number of anilines is 3. The van der Waals surface area contributed by atoms with Gasteiger partial charge in [-0.05, 0) is 55.0 Å². The molecule has 1 aliphatic heterocycles. The number of pyridine rings is 2. The summed E-state index contributed by atoms with van der Waals surface area (Å²) in [6.45, 7) is 2.85. The van der Waals surface area contributed by atoms with E-state index in [1.54, 1.807) is 6.20 Å².